The third kappa shape index (κ3) is 4.46. The molecule has 0 aliphatic carbocycles. The fourth-order valence-corrected chi connectivity index (χ4v) is 3.51. The van der Waals surface area contributed by atoms with Crippen LogP contribution in [0.2, 0.25) is 0 Å². The molecule has 146 valence electrons. The Morgan fingerprint density at radius 2 is 1.85 bits per heavy atom. The van der Waals surface area contributed by atoms with Gasteiger partial charge in [-0.05, 0) is 49.4 Å². The molecule has 0 aliphatic rings. The second-order valence-corrected chi connectivity index (χ2v) is 8.68. The van der Waals surface area contributed by atoms with Gasteiger partial charge in [-0.3, -0.25) is 5.14 Å². The highest BCUT2D eigenvalue weighted by Gasteiger charge is 2.43. The molecule has 0 aliphatic heterocycles. The average Bonchev–Trinajstić information content (AvgIpc) is 2.80. The fourth-order valence-electron chi connectivity index (χ4n) is 3.13. The van der Waals surface area contributed by atoms with E-state index < -0.39 is 40.6 Å². The highest BCUT2D eigenvalue weighted by molar-refractivity contribution is 7.83. The Morgan fingerprint density at radius 3 is 2.35 bits per heavy atom. The lowest BCUT2D eigenvalue weighted by molar-refractivity contribution is -0.151. The van der Waals surface area contributed by atoms with Crippen LogP contribution in [0.4, 0.5) is 17.6 Å². The molecule has 0 amide bonds. The lowest BCUT2D eigenvalue weighted by Gasteiger charge is -2.22. The highest BCUT2D eigenvalue weighted by Crippen LogP contribution is 2.42. The standard InChI is InChI=1S/C18H24F4N2OS/c1-10(2)8-24-9-14(13-7-16(19)11(3)5-17(13)24)15(18(20,21)22)6-12(4)26(23)25/h5,7,9-10,12,15H,6,8,23H2,1-4H3/t12?,15-,26?/m0/s1. The van der Waals surface area contributed by atoms with Crippen LogP contribution in [0.15, 0.2) is 18.3 Å². The molecule has 2 rings (SSSR count). The van der Waals surface area contributed by atoms with Crippen LogP contribution >= 0.6 is 0 Å². The minimum absolute atomic E-state index is 0.00403. The molecule has 26 heavy (non-hydrogen) atoms. The van der Waals surface area contributed by atoms with E-state index >= 15 is 0 Å². The molecule has 0 saturated heterocycles. The van der Waals surface area contributed by atoms with Crippen molar-refractivity contribution in [2.24, 2.45) is 11.1 Å². The first-order valence-corrected chi connectivity index (χ1v) is 9.70. The molecule has 1 aromatic carbocycles. The Hall–Kier alpha value is -1.41. The van der Waals surface area contributed by atoms with Crippen molar-refractivity contribution in [2.75, 3.05) is 0 Å². The molecule has 3 nitrogen and oxygen atoms in total. The first kappa shape index (κ1) is 20.9. The van der Waals surface area contributed by atoms with Gasteiger partial charge in [-0.1, -0.05) is 13.8 Å². The summed E-state index contributed by atoms with van der Waals surface area (Å²) in [6.45, 7) is 7.45. The van der Waals surface area contributed by atoms with Crippen molar-refractivity contribution in [1.82, 2.24) is 4.57 Å². The smallest absolute Gasteiger partial charge is 0.347 e. The number of aryl methyl sites for hydroxylation is 1. The van der Waals surface area contributed by atoms with E-state index in [4.69, 9.17) is 5.14 Å². The third-order valence-corrected chi connectivity index (χ3v) is 5.47. The van der Waals surface area contributed by atoms with Crippen molar-refractivity contribution in [2.45, 2.75) is 58.0 Å². The Balaban J connectivity index is 2.67. The largest absolute Gasteiger partial charge is 0.395 e. The van der Waals surface area contributed by atoms with E-state index in [0.717, 1.165) is 0 Å². The summed E-state index contributed by atoms with van der Waals surface area (Å²) >= 11 is 0. The first-order chi connectivity index (χ1) is 11.9. The van der Waals surface area contributed by atoms with Crippen molar-refractivity contribution in [1.29, 1.82) is 0 Å². The van der Waals surface area contributed by atoms with E-state index in [1.807, 2.05) is 13.8 Å². The van der Waals surface area contributed by atoms with E-state index in [1.54, 1.807) is 17.6 Å². The Bertz CT molecular complexity index is 814. The summed E-state index contributed by atoms with van der Waals surface area (Å²) in [5.41, 5.74) is 0.958. The number of alkyl halides is 3. The van der Waals surface area contributed by atoms with E-state index in [0.29, 0.717) is 17.6 Å². The summed E-state index contributed by atoms with van der Waals surface area (Å²) in [5.74, 6) is -2.19. The predicted octanol–water partition coefficient (Wildman–Crippen LogP) is 4.79. The van der Waals surface area contributed by atoms with Crippen LogP contribution in [-0.4, -0.2) is 20.2 Å². The molecule has 1 heterocycles. The Kier molecular flexibility index (Phi) is 6.17. The zero-order valence-electron chi connectivity index (χ0n) is 15.2. The van der Waals surface area contributed by atoms with Gasteiger partial charge in [0.05, 0.1) is 16.9 Å². The third-order valence-electron chi connectivity index (χ3n) is 4.49. The van der Waals surface area contributed by atoms with Gasteiger partial charge in [0.25, 0.3) is 0 Å². The topological polar surface area (TPSA) is 48.0 Å². The lowest BCUT2D eigenvalue weighted by atomic mass is 9.93. The Morgan fingerprint density at radius 1 is 1.23 bits per heavy atom. The van der Waals surface area contributed by atoms with Crippen LogP contribution in [-0.2, 0) is 17.5 Å². The molecule has 0 radical (unpaired) electrons. The zero-order chi connectivity index (χ0) is 19.8. The number of halogens is 4. The molecule has 2 N–H and O–H groups in total. The van der Waals surface area contributed by atoms with E-state index in [-0.39, 0.29) is 16.9 Å². The monoisotopic (exact) mass is 392 g/mol. The second-order valence-electron chi connectivity index (χ2n) is 7.22. The van der Waals surface area contributed by atoms with Crippen molar-refractivity contribution >= 4 is 21.9 Å². The number of nitrogens with two attached hydrogens (primary N) is 1. The SMILES string of the molecule is Cc1cc2c(cc1F)c([C@H](CC(C)S(N)=O)C(F)(F)F)cn2CC(C)C. The number of rotatable bonds is 6. The van der Waals surface area contributed by atoms with Crippen LogP contribution in [0.5, 0.6) is 0 Å². The summed E-state index contributed by atoms with van der Waals surface area (Å²) in [7, 11) is -1.86. The average molecular weight is 392 g/mol. The maximum absolute atomic E-state index is 14.1. The zero-order valence-corrected chi connectivity index (χ0v) is 16.0. The normalized spacial score (nSPS) is 16.2. The number of benzene rings is 1. The molecule has 0 spiro atoms. The number of hydrogen-bond donors (Lipinski definition) is 1. The van der Waals surface area contributed by atoms with Crippen molar-refractivity contribution in [3.63, 3.8) is 0 Å². The van der Waals surface area contributed by atoms with Gasteiger partial charge >= 0.3 is 6.18 Å². The van der Waals surface area contributed by atoms with Crippen LogP contribution in [0.3, 0.4) is 0 Å². The van der Waals surface area contributed by atoms with Crippen LogP contribution in [0, 0.1) is 18.7 Å². The molecule has 2 aromatic rings. The second kappa shape index (κ2) is 7.68. The first-order valence-electron chi connectivity index (χ1n) is 8.42. The maximum atomic E-state index is 14.1. The van der Waals surface area contributed by atoms with Crippen LogP contribution < -0.4 is 5.14 Å². The van der Waals surface area contributed by atoms with E-state index in [1.165, 1.54) is 19.2 Å². The summed E-state index contributed by atoms with van der Waals surface area (Å²) in [6, 6.07) is 2.74. The minimum Gasteiger partial charge on any atom is -0.347 e. The summed E-state index contributed by atoms with van der Waals surface area (Å²) in [5, 5.41) is 4.68. The van der Waals surface area contributed by atoms with Crippen molar-refractivity contribution in [3.8, 4) is 0 Å². The van der Waals surface area contributed by atoms with Gasteiger partial charge in [0.15, 0.2) is 0 Å². The molecule has 8 heteroatoms. The van der Waals surface area contributed by atoms with Gasteiger partial charge in [0.2, 0.25) is 0 Å². The number of hydrogen-bond acceptors (Lipinski definition) is 1. The number of nitrogens with zero attached hydrogens (tertiary/aromatic N) is 1. The van der Waals surface area contributed by atoms with Gasteiger partial charge < -0.3 is 4.57 Å². The fraction of sp³-hybridized carbons (Fsp3) is 0.556. The van der Waals surface area contributed by atoms with Gasteiger partial charge in [-0.2, -0.15) is 13.2 Å². The van der Waals surface area contributed by atoms with Crippen molar-refractivity contribution < 1.29 is 21.8 Å². The lowest BCUT2D eigenvalue weighted by Crippen LogP contribution is -2.28. The molecule has 0 bridgehead atoms. The van der Waals surface area contributed by atoms with Gasteiger partial charge in [-0.15, -0.1) is 0 Å². The number of fused-ring (bicyclic) bond motifs is 1. The predicted molar refractivity (Wildman–Crippen MR) is 96.7 cm³/mol. The molecule has 3 atom stereocenters. The van der Waals surface area contributed by atoms with Crippen LogP contribution in [0.25, 0.3) is 10.9 Å². The van der Waals surface area contributed by atoms with Gasteiger partial charge in [0.1, 0.15) is 5.82 Å². The maximum Gasteiger partial charge on any atom is 0.395 e. The van der Waals surface area contributed by atoms with Gasteiger partial charge in [-0.25, -0.2) is 8.60 Å². The van der Waals surface area contributed by atoms with Crippen LogP contribution in [0.1, 0.15) is 44.2 Å². The van der Waals surface area contributed by atoms with Crippen molar-refractivity contribution in [3.05, 3.63) is 35.3 Å². The molecule has 0 saturated carbocycles. The number of aromatic nitrogens is 1. The summed E-state index contributed by atoms with van der Waals surface area (Å²) < 4.78 is 68.5. The molecular weight excluding hydrogens is 368 g/mol. The van der Waals surface area contributed by atoms with Gasteiger partial charge in [0, 0.05) is 28.9 Å². The molecule has 2 unspecified atom stereocenters. The molecule has 0 fully saturated rings. The molecule has 1 aromatic heterocycles. The Labute approximate surface area is 153 Å². The molecular formula is C18H24F4N2OS. The quantitative estimate of drug-likeness (QED) is 0.706. The highest BCUT2D eigenvalue weighted by atomic mass is 32.2. The van der Waals surface area contributed by atoms with E-state index in [2.05, 4.69) is 0 Å². The minimum atomic E-state index is -4.55. The van der Waals surface area contributed by atoms with E-state index in [9.17, 15) is 21.8 Å². The summed E-state index contributed by atoms with van der Waals surface area (Å²) in [4.78, 5) is 0. The summed E-state index contributed by atoms with van der Waals surface area (Å²) in [6.07, 6.45) is -3.51.